The Kier molecular flexibility index (Phi) is 5.48. The number of benzene rings is 1. The van der Waals surface area contributed by atoms with Crippen molar-refractivity contribution in [2.24, 2.45) is 28.6 Å². The quantitative estimate of drug-likeness (QED) is 0.499. The number of ether oxygens (including phenoxy) is 1. The van der Waals surface area contributed by atoms with Gasteiger partial charge in [-0.05, 0) is 114 Å². The molecule has 5 rings (SSSR count). The Morgan fingerprint density at radius 3 is 2.03 bits per heavy atom. The van der Waals surface area contributed by atoms with Crippen molar-refractivity contribution in [2.45, 2.75) is 97.5 Å². The van der Waals surface area contributed by atoms with Gasteiger partial charge in [-0.15, -0.1) is 0 Å². The Morgan fingerprint density at radius 1 is 1.07 bits per heavy atom. The molecule has 4 aliphatic rings. The lowest BCUT2D eigenvalue weighted by Gasteiger charge is -2.61. The minimum absolute atomic E-state index is 0.0311. The van der Waals surface area contributed by atoms with Crippen LogP contribution in [0.2, 0.25) is 0 Å². The summed E-state index contributed by atoms with van der Waals surface area (Å²) in [7, 11) is 0. The van der Waals surface area contributed by atoms with Crippen molar-refractivity contribution in [1.82, 2.24) is 0 Å². The predicted molar refractivity (Wildman–Crippen MR) is 120 cm³/mol. The Labute approximate surface area is 182 Å². The largest absolute Gasteiger partial charge is 0.508 e. The smallest absolute Gasteiger partial charge is 0.312 e. The van der Waals surface area contributed by atoms with E-state index in [1.807, 2.05) is 12.1 Å². The van der Waals surface area contributed by atoms with Gasteiger partial charge in [-0.25, -0.2) is 0 Å². The Balaban J connectivity index is 1.48. The van der Waals surface area contributed by atoms with Crippen molar-refractivity contribution in [3.63, 3.8) is 0 Å². The van der Waals surface area contributed by atoms with Crippen LogP contribution >= 0.6 is 0 Å². The molecule has 0 spiro atoms. The monoisotopic (exact) mass is 412 g/mol. The molecule has 4 saturated carbocycles. The van der Waals surface area contributed by atoms with Crippen molar-refractivity contribution >= 4 is 5.97 Å². The number of phenols is 1. The molecule has 0 amide bonds. The highest BCUT2D eigenvalue weighted by Crippen LogP contribution is 2.64. The molecule has 166 valence electrons. The van der Waals surface area contributed by atoms with E-state index in [1.54, 1.807) is 12.1 Å². The van der Waals surface area contributed by atoms with E-state index in [1.165, 1.54) is 38.5 Å². The van der Waals surface area contributed by atoms with Crippen LogP contribution in [0.25, 0.3) is 0 Å². The van der Waals surface area contributed by atoms with Gasteiger partial charge in [0.1, 0.15) is 11.4 Å². The van der Waals surface area contributed by atoms with Crippen molar-refractivity contribution < 1.29 is 14.6 Å². The normalized spacial score (nSPS) is 33.2. The standard InChI is InChI=1S/C27H40O3/c1-6-26(5,14-18(2)22-7-9-23(28)10-8-22)24(29)30-25(3,4)27-15-19-11-20(16-27)13-21(12-19)17-27/h7-10,18-21,28H,6,11-17H2,1-5H3. The fraction of sp³-hybridized carbons (Fsp3) is 0.741. The summed E-state index contributed by atoms with van der Waals surface area (Å²) < 4.78 is 6.46. The first-order valence-corrected chi connectivity index (χ1v) is 12.1. The van der Waals surface area contributed by atoms with Gasteiger partial charge in [0, 0.05) is 5.41 Å². The number of hydrogen-bond acceptors (Lipinski definition) is 3. The number of carbonyl (C=O) groups is 1. The molecule has 2 unspecified atom stereocenters. The van der Waals surface area contributed by atoms with Gasteiger partial charge in [0.2, 0.25) is 0 Å². The van der Waals surface area contributed by atoms with E-state index >= 15 is 0 Å². The summed E-state index contributed by atoms with van der Waals surface area (Å²) >= 11 is 0. The topological polar surface area (TPSA) is 46.5 Å². The van der Waals surface area contributed by atoms with Gasteiger partial charge in [-0.2, -0.15) is 0 Å². The minimum atomic E-state index is -0.503. The third-order valence-corrected chi connectivity index (χ3v) is 9.16. The molecule has 1 aromatic rings. The van der Waals surface area contributed by atoms with Crippen LogP contribution in [0.5, 0.6) is 5.75 Å². The maximum Gasteiger partial charge on any atom is 0.312 e. The van der Waals surface area contributed by atoms with Gasteiger partial charge in [-0.3, -0.25) is 4.79 Å². The maximum atomic E-state index is 13.6. The van der Waals surface area contributed by atoms with Crippen molar-refractivity contribution in [3.8, 4) is 5.75 Å². The van der Waals surface area contributed by atoms with Crippen LogP contribution in [0.4, 0.5) is 0 Å². The van der Waals surface area contributed by atoms with Crippen LogP contribution in [-0.2, 0) is 9.53 Å². The third kappa shape index (κ3) is 3.78. The van der Waals surface area contributed by atoms with E-state index in [-0.39, 0.29) is 23.1 Å². The van der Waals surface area contributed by atoms with E-state index in [4.69, 9.17) is 4.74 Å². The van der Waals surface area contributed by atoms with Gasteiger partial charge < -0.3 is 9.84 Å². The molecule has 3 nitrogen and oxygen atoms in total. The maximum absolute atomic E-state index is 13.6. The average Bonchev–Trinajstić information content (AvgIpc) is 2.66. The SMILES string of the molecule is CCC(C)(CC(C)c1ccc(O)cc1)C(=O)OC(C)(C)C12CC3CC(CC(C3)C1)C2. The molecule has 0 heterocycles. The van der Waals surface area contributed by atoms with Gasteiger partial charge in [0.05, 0.1) is 5.41 Å². The molecule has 0 aromatic heterocycles. The number of carbonyl (C=O) groups excluding carboxylic acids is 1. The lowest BCUT2D eigenvalue weighted by atomic mass is 9.46. The second kappa shape index (κ2) is 7.57. The molecule has 2 atom stereocenters. The van der Waals surface area contributed by atoms with Crippen LogP contribution < -0.4 is 0 Å². The zero-order chi connectivity index (χ0) is 21.7. The van der Waals surface area contributed by atoms with Crippen molar-refractivity contribution in [3.05, 3.63) is 29.8 Å². The van der Waals surface area contributed by atoms with Gasteiger partial charge in [0.25, 0.3) is 0 Å². The summed E-state index contributed by atoms with van der Waals surface area (Å²) in [5.74, 6) is 3.02. The molecular formula is C27H40O3. The van der Waals surface area contributed by atoms with E-state index in [2.05, 4.69) is 34.6 Å². The Hall–Kier alpha value is -1.51. The molecule has 1 aromatic carbocycles. The van der Waals surface area contributed by atoms with Crippen LogP contribution in [0.1, 0.15) is 97.5 Å². The zero-order valence-corrected chi connectivity index (χ0v) is 19.5. The molecule has 3 heteroatoms. The fourth-order valence-electron chi connectivity index (χ4n) is 7.28. The minimum Gasteiger partial charge on any atom is -0.508 e. The van der Waals surface area contributed by atoms with E-state index < -0.39 is 11.0 Å². The third-order valence-electron chi connectivity index (χ3n) is 9.16. The van der Waals surface area contributed by atoms with Crippen LogP contribution in [0, 0.1) is 28.6 Å². The second-order valence-corrected chi connectivity index (χ2v) is 11.7. The van der Waals surface area contributed by atoms with Crippen molar-refractivity contribution in [1.29, 1.82) is 0 Å². The first kappa shape index (κ1) is 21.7. The summed E-state index contributed by atoms with van der Waals surface area (Å²) in [6.07, 6.45) is 9.46. The molecule has 4 aliphatic carbocycles. The zero-order valence-electron chi connectivity index (χ0n) is 19.5. The Morgan fingerprint density at radius 2 is 1.57 bits per heavy atom. The van der Waals surface area contributed by atoms with E-state index in [0.717, 1.165) is 36.2 Å². The highest BCUT2D eigenvalue weighted by atomic mass is 16.6. The van der Waals surface area contributed by atoms with Crippen molar-refractivity contribution in [2.75, 3.05) is 0 Å². The lowest BCUT2D eigenvalue weighted by Crippen LogP contribution is -2.58. The summed E-state index contributed by atoms with van der Waals surface area (Å²) in [5.41, 5.74) is 0.421. The number of esters is 1. The van der Waals surface area contributed by atoms with E-state index in [0.29, 0.717) is 0 Å². The van der Waals surface area contributed by atoms with E-state index in [9.17, 15) is 9.90 Å². The molecule has 4 fully saturated rings. The first-order valence-electron chi connectivity index (χ1n) is 12.1. The molecule has 0 aliphatic heterocycles. The Bertz CT molecular complexity index is 743. The number of aromatic hydroxyl groups is 1. The lowest BCUT2D eigenvalue weighted by molar-refractivity contribution is -0.207. The highest BCUT2D eigenvalue weighted by molar-refractivity contribution is 5.77. The highest BCUT2D eigenvalue weighted by Gasteiger charge is 2.59. The number of rotatable bonds is 7. The van der Waals surface area contributed by atoms with Gasteiger partial charge in [0.15, 0.2) is 0 Å². The summed E-state index contributed by atoms with van der Waals surface area (Å²) in [4.78, 5) is 13.6. The van der Waals surface area contributed by atoms with Gasteiger partial charge >= 0.3 is 5.97 Å². The molecule has 30 heavy (non-hydrogen) atoms. The summed E-state index contributed by atoms with van der Waals surface area (Å²) in [6, 6.07) is 7.37. The first-order chi connectivity index (χ1) is 14.1. The predicted octanol–water partition coefficient (Wildman–Crippen LogP) is 6.84. The second-order valence-electron chi connectivity index (χ2n) is 11.7. The van der Waals surface area contributed by atoms with Crippen LogP contribution in [-0.4, -0.2) is 16.7 Å². The number of hydrogen-bond donors (Lipinski definition) is 1. The summed E-state index contributed by atoms with van der Waals surface area (Å²) in [5, 5.41) is 9.58. The van der Waals surface area contributed by atoms with Crippen LogP contribution in [0.3, 0.4) is 0 Å². The molecule has 1 N–H and O–H groups in total. The number of phenolic OH excluding ortho intramolecular Hbond substituents is 1. The van der Waals surface area contributed by atoms with Crippen LogP contribution in [0.15, 0.2) is 24.3 Å². The van der Waals surface area contributed by atoms with Gasteiger partial charge in [-0.1, -0.05) is 26.0 Å². The molecule has 0 radical (unpaired) electrons. The molecule has 0 saturated heterocycles. The summed E-state index contributed by atoms with van der Waals surface area (Å²) in [6.45, 7) is 10.7. The molecular weight excluding hydrogens is 372 g/mol. The average molecular weight is 413 g/mol. The fourth-order valence-corrected chi connectivity index (χ4v) is 7.28. The molecule has 4 bridgehead atoms.